The highest BCUT2D eigenvalue weighted by Crippen LogP contribution is 2.31. The SMILES string of the molecule is COC(=O)c1ccc(N(Cc2ccccc2)Cc2csc3ccc(Br)cc23)cc1. The minimum atomic E-state index is -0.320. The molecule has 0 aliphatic carbocycles. The van der Waals surface area contributed by atoms with Gasteiger partial charge in [-0.15, -0.1) is 11.3 Å². The number of halogens is 1. The lowest BCUT2D eigenvalue weighted by Gasteiger charge is -2.25. The van der Waals surface area contributed by atoms with Gasteiger partial charge in [-0.05, 0) is 64.4 Å². The number of methoxy groups -OCH3 is 1. The Balaban J connectivity index is 1.68. The normalized spacial score (nSPS) is 10.8. The van der Waals surface area contributed by atoms with Gasteiger partial charge in [-0.25, -0.2) is 4.79 Å². The highest BCUT2D eigenvalue weighted by atomic mass is 79.9. The van der Waals surface area contributed by atoms with E-state index in [4.69, 9.17) is 4.74 Å². The van der Waals surface area contributed by atoms with Crippen LogP contribution in [0.5, 0.6) is 0 Å². The molecule has 0 atom stereocenters. The molecule has 0 aliphatic heterocycles. The van der Waals surface area contributed by atoms with Crippen LogP contribution in [0.25, 0.3) is 10.1 Å². The number of rotatable bonds is 6. The van der Waals surface area contributed by atoms with Crippen molar-refractivity contribution in [1.82, 2.24) is 0 Å². The third kappa shape index (κ3) is 4.52. The van der Waals surface area contributed by atoms with Crippen molar-refractivity contribution >= 4 is 49.0 Å². The van der Waals surface area contributed by atoms with E-state index in [2.05, 4.69) is 68.7 Å². The van der Waals surface area contributed by atoms with Crippen molar-refractivity contribution in [1.29, 1.82) is 0 Å². The molecule has 4 rings (SSSR count). The Hall–Kier alpha value is -2.63. The molecule has 5 heteroatoms. The third-order valence-corrected chi connectivity index (χ3v) is 6.35. The number of esters is 1. The lowest BCUT2D eigenvalue weighted by molar-refractivity contribution is 0.0601. The number of hydrogen-bond donors (Lipinski definition) is 0. The van der Waals surface area contributed by atoms with E-state index in [1.54, 1.807) is 11.3 Å². The minimum Gasteiger partial charge on any atom is -0.465 e. The van der Waals surface area contributed by atoms with Crippen molar-refractivity contribution in [3.8, 4) is 0 Å². The van der Waals surface area contributed by atoms with E-state index in [-0.39, 0.29) is 5.97 Å². The van der Waals surface area contributed by atoms with Gasteiger partial charge < -0.3 is 9.64 Å². The highest BCUT2D eigenvalue weighted by Gasteiger charge is 2.13. The molecule has 29 heavy (non-hydrogen) atoms. The zero-order valence-corrected chi connectivity index (χ0v) is 18.4. The van der Waals surface area contributed by atoms with Gasteiger partial charge in [0.1, 0.15) is 0 Å². The Morgan fingerprint density at radius 3 is 2.48 bits per heavy atom. The Morgan fingerprint density at radius 2 is 1.76 bits per heavy atom. The first-order valence-electron chi connectivity index (χ1n) is 9.27. The number of thiophene rings is 1. The van der Waals surface area contributed by atoms with E-state index in [9.17, 15) is 4.79 Å². The first-order valence-corrected chi connectivity index (χ1v) is 10.9. The maximum absolute atomic E-state index is 11.8. The smallest absolute Gasteiger partial charge is 0.337 e. The van der Waals surface area contributed by atoms with Gasteiger partial charge in [-0.2, -0.15) is 0 Å². The van der Waals surface area contributed by atoms with Crippen LogP contribution in [-0.2, 0) is 17.8 Å². The molecule has 0 saturated carbocycles. The number of benzene rings is 3. The van der Waals surface area contributed by atoms with Gasteiger partial charge in [0.25, 0.3) is 0 Å². The quantitative estimate of drug-likeness (QED) is 0.298. The zero-order valence-electron chi connectivity index (χ0n) is 16.0. The fraction of sp³-hybridized carbons (Fsp3) is 0.125. The Labute approximate surface area is 182 Å². The molecule has 0 saturated heterocycles. The summed E-state index contributed by atoms with van der Waals surface area (Å²) in [4.78, 5) is 14.1. The number of fused-ring (bicyclic) bond motifs is 1. The second-order valence-corrected chi connectivity index (χ2v) is 8.61. The van der Waals surface area contributed by atoms with Gasteiger partial charge in [-0.3, -0.25) is 0 Å². The molecule has 0 aliphatic rings. The van der Waals surface area contributed by atoms with E-state index in [0.29, 0.717) is 5.56 Å². The number of anilines is 1. The van der Waals surface area contributed by atoms with Crippen molar-refractivity contribution in [2.45, 2.75) is 13.1 Å². The molecule has 3 aromatic carbocycles. The summed E-state index contributed by atoms with van der Waals surface area (Å²) >= 11 is 5.36. The van der Waals surface area contributed by atoms with Gasteiger partial charge >= 0.3 is 5.97 Å². The van der Waals surface area contributed by atoms with E-state index in [1.165, 1.54) is 28.3 Å². The van der Waals surface area contributed by atoms with Gasteiger partial charge in [-0.1, -0.05) is 46.3 Å². The number of carbonyl (C=O) groups excluding carboxylic acids is 1. The molecular formula is C24H20BrNO2S. The van der Waals surface area contributed by atoms with Crippen LogP contribution in [0.4, 0.5) is 5.69 Å². The lowest BCUT2D eigenvalue weighted by Crippen LogP contribution is -2.22. The molecule has 3 nitrogen and oxygen atoms in total. The average molecular weight is 466 g/mol. The van der Waals surface area contributed by atoms with Crippen molar-refractivity contribution in [2.24, 2.45) is 0 Å². The van der Waals surface area contributed by atoms with E-state index < -0.39 is 0 Å². The maximum Gasteiger partial charge on any atom is 0.337 e. The van der Waals surface area contributed by atoms with Crippen LogP contribution in [0.1, 0.15) is 21.5 Å². The van der Waals surface area contributed by atoms with Crippen LogP contribution >= 0.6 is 27.3 Å². The van der Waals surface area contributed by atoms with Crippen LogP contribution in [0.2, 0.25) is 0 Å². The van der Waals surface area contributed by atoms with Gasteiger partial charge in [0, 0.05) is 27.9 Å². The molecule has 1 aromatic heterocycles. The van der Waals surface area contributed by atoms with Crippen LogP contribution in [0, 0.1) is 0 Å². The van der Waals surface area contributed by atoms with Crippen molar-refractivity contribution in [3.05, 3.63) is 99.3 Å². The summed E-state index contributed by atoms with van der Waals surface area (Å²) in [6, 6.07) is 24.5. The van der Waals surface area contributed by atoms with E-state index in [1.807, 2.05) is 30.3 Å². The van der Waals surface area contributed by atoms with E-state index in [0.717, 1.165) is 23.2 Å². The topological polar surface area (TPSA) is 29.5 Å². The molecule has 0 amide bonds. The van der Waals surface area contributed by atoms with Gasteiger partial charge in [0.15, 0.2) is 0 Å². The van der Waals surface area contributed by atoms with Gasteiger partial charge in [0.05, 0.1) is 12.7 Å². The summed E-state index contributed by atoms with van der Waals surface area (Å²) < 4.78 is 7.19. The van der Waals surface area contributed by atoms with Crippen LogP contribution in [-0.4, -0.2) is 13.1 Å². The Morgan fingerprint density at radius 1 is 1.00 bits per heavy atom. The summed E-state index contributed by atoms with van der Waals surface area (Å²) in [5.41, 5.74) is 4.15. The monoisotopic (exact) mass is 465 g/mol. The highest BCUT2D eigenvalue weighted by molar-refractivity contribution is 9.10. The molecular weight excluding hydrogens is 446 g/mol. The van der Waals surface area contributed by atoms with Crippen molar-refractivity contribution in [2.75, 3.05) is 12.0 Å². The molecule has 0 bridgehead atoms. The van der Waals surface area contributed by atoms with Crippen LogP contribution in [0.15, 0.2) is 82.6 Å². The summed E-state index contributed by atoms with van der Waals surface area (Å²) in [5.74, 6) is -0.320. The fourth-order valence-corrected chi connectivity index (χ4v) is 4.65. The number of ether oxygens (including phenoxy) is 1. The molecule has 0 fully saturated rings. The largest absolute Gasteiger partial charge is 0.465 e. The van der Waals surface area contributed by atoms with E-state index >= 15 is 0 Å². The molecule has 146 valence electrons. The Kier molecular flexibility index (Phi) is 5.97. The number of carbonyl (C=O) groups is 1. The number of nitrogens with zero attached hydrogens (tertiary/aromatic N) is 1. The summed E-state index contributed by atoms with van der Waals surface area (Å²) in [6.07, 6.45) is 0. The second-order valence-electron chi connectivity index (χ2n) is 6.78. The average Bonchev–Trinajstić information content (AvgIpc) is 3.15. The lowest BCUT2D eigenvalue weighted by atomic mass is 10.1. The van der Waals surface area contributed by atoms with Crippen LogP contribution < -0.4 is 4.90 Å². The van der Waals surface area contributed by atoms with Crippen molar-refractivity contribution < 1.29 is 9.53 Å². The first kappa shape index (κ1) is 19.7. The zero-order chi connectivity index (χ0) is 20.2. The molecule has 4 aromatic rings. The minimum absolute atomic E-state index is 0.320. The standard InChI is InChI=1S/C24H20BrNO2S/c1-28-24(27)18-7-10-21(11-8-18)26(14-17-5-3-2-4-6-17)15-19-16-29-23-12-9-20(25)13-22(19)23/h2-13,16H,14-15H2,1H3. The second kappa shape index (κ2) is 8.80. The molecule has 0 spiro atoms. The third-order valence-electron chi connectivity index (χ3n) is 4.85. The Bertz CT molecular complexity index is 1120. The summed E-state index contributed by atoms with van der Waals surface area (Å²) in [6.45, 7) is 1.56. The van der Waals surface area contributed by atoms with Gasteiger partial charge in [0.2, 0.25) is 0 Å². The molecule has 0 radical (unpaired) electrons. The van der Waals surface area contributed by atoms with Crippen molar-refractivity contribution in [3.63, 3.8) is 0 Å². The number of hydrogen-bond acceptors (Lipinski definition) is 4. The summed E-state index contributed by atoms with van der Waals surface area (Å²) in [5, 5.41) is 3.51. The summed E-state index contributed by atoms with van der Waals surface area (Å²) in [7, 11) is 1.40. The van der Waals surface area contributed by atoms with Crippen LogP contribution in [0.3, 0.4) is 0 Å². The predicted octanol–water partition coefficient (Wildman–Crippen LogP) is 6.66. The molecule has 0 N–H and O–H groups in total. The molecule has 0 unspecified atom stereocenters. The molecule has 1 heterocycles. The first-order chi connectivity index (χ1) is 14.1. The predicted molar refractivity (Wildman–Crippen MR) is 124 cm³/mol. The fourth-order valence-electron chi connectivity index (χ4n) is 3.35. The maximum atomic E-state index is 11.8.